The largest absolute Gasteiger partial charge is 0.416 e. The van der Waals surface area contributed by atoms with E-state index in [1.807, 2.05) is 0 Å². The van der Waals surface area contributed by atoms with E-state index < -0.39 is 23.1 Å². The van der Waals surface area contributed by atoms with Crippen LogP contribution in [0.2, 0.25) is 0 Å². The standard InChI is InChI=1S/C27H33F3N2O4S/c1-36-17-22-15-31-25(37-22)26(35)10-7-18(8-11-26)13-19-9-12-32(16-19)24(34)6-5-23(33)20-3-2-4-21(14-20)27(28,29)30/h2-4,14-15,18-19,35H,5-13,16-17H2,1H3. The third-order valence-corrected chi connectivity index (χ3v) is 8.72. The fourth-order valence-corrected chi connectivity index (χ4v) is 6.48. The first-order valence-corrected chi connectivity index (χ1v) is 13.5. The van der Waals surface area contributed by atoms with Crippen molar-refractivity contribution in [1.29, 1.82) is 0 Å². The van der Waals surface area contributed by atoms with Gasteiger partial charge < -0.3 is 14.7 Å². The van der Waals surface area contributed by atoms with Crippen LogP contribution in [0.15, 0.2) is 30.5 Å². The highest BCUT2D eigenvalue weighted by atomic mass is 32.1. The molecule has 0 bridgehead atoms. The molecule has 2 aliphatic rings. The van der Waals surface area contributed by atoms with Crippen molar-refractivity contribution in [2.75, 3.05) is 20.2 Å². The highest BCUT2D eigenvalue weighted by Crippen LogP contribution is 2.43. The molecule has 0 spiro atoms. The number of ketones is 1. The van der Waals surface area contributed by atoms with E-state index in [2.05, 4.69) is 4.98 Å². The number of ether oxygens (including phenoxy) is 1. The van der Waals surface area contributed by atoms with Gasteiger partial charge in [0.2, 0.25) is 5.91 Å². The normalized spacial score (nSPS) is 24.4. The predicted octanol–water partition coefficient (Wildman–Crippen LogP) is 5.59. The first kappa shape index (κ1) is 27.7. The summed E-state index contributed by atoms with van der Waals surface area (Å²) in [6.07, 6.45) is 2.21. The number of amides is 1. The van der Waals surface area contributed by atoms with E-state index in [4.69, 9.17) is 4.74 Å². The van der Waals surface area contributed by atoms with Gasteiger partial charge in [0.1, 0.15) is 10.6 Å². The zero-order valence-electron chi connectivity index (χ0n) is 20.9. The van der Waals surface area contributed by atoms with Gasteiger partial charge in [0.25, 0.3) is 0 Å². The van der Waals surface area contributed by atoms with Crippen LogP contribution in [-0.4, -0.2) is 46.9 Å². The van der Waals surface area contributed by atoms with Gasteiger partial charge in [-0.2, -0.15) is 13.2 Å². The van der Waals surface area contributed by atoms with Gasteiger partial charge in [0, 0.05) is 44.8 Å². The molecule has 0 radical (unpaired) electrons. The lowest BCUT2D eigenvalue weighted by atomic mass is 9.75. The number of aromatic nitrogens is 1. The molecule has 10 heteroatoms. The van der Waals surface area contributed by atoms with E-state index in [1.165, 1.54) is 23.5 Å². The van der Waals surface area contributed by atoms with Crippen molar-refractivity contribution >= 4 is 23.0 Å². The monoisotopic (exact) mass is 538 g/mol. The summed E-state index contributed by atoms with van der Waals surface area (Å²) in [7, 11) is 1.64. The number of benzene rings is 1. The Hall–Kier alpha value is -2.30. The molecule has 2 aromatic rings. The molecule has 1 amide bonds. The molecule has 1 aliphatic heterocycles. The third kappa shape index (κ3) is 6.97. The Bertz CT molecular complexity index is 1100. The van der Waals surface area contributed by atoms with E-state index in [-0.39, 0.29) is 24.3 Å². The number of nitrogens with zero attached hydrogens (tertiary/aromatic N) is 2. The van der Waals surface area contributed by atoms with Crippen molar-refractivity contribution in [3.8, 4) is 0 Å². The highest BCUT2D eigenvalue weighted by molar-refractivity contribution is 7.11. The van der Waals surface area contributed by atoms with Crippen LogP contribution in [0, 0.1) is 11.8 Å². The molecule has 1 N–H and O–H groups in total. The first-order chi connectivity index (χ1) is 17.6. The molecular formula is C27H33F3N2O4S. The molecule has 1 saturated heterocycles. The Morgan fingerprint density at radius 2 is 1.95 bits per heavy atom. The van der Waals surface area contributed by atoms with Gasteiger partial charge in [0.15, 0.2) is 5.78 Å². The van der Waals surface area contributed by atoms with Crippen LogP contribution in [0.5, 0.6) is 0 Å². The number of likely N-dealkylation sites (tertiary alicyclic amines) is 1. The molecule has 1 saturated carbocycles. The Morgan fingerprint density at radius 3 is 2.65 bits per heavy atom. The molecule has 1 unspecified atom stereocenters. The SMILES string of the molecule is COCc1cnc(C2(O)CCC(CC3CCN(C(=O)CCC(=O)c4cccc(C(F)(F)F)c4)C3)CC2)s1. The molecule has 2 heterocycles. The lowest BCUT2D eigenvalue weighted by Crippen LogP contribution is -2.32. The number of carbonyl (C=O) groups is 2. The summed E-state index contributed by atoms with van der Waals surface area (Å²) in [4.78, 5) is 32.3. The van der Waals surface area contributed by atoms with Crippen LogP contribution in [0.1, 0.15) is 77.2 Å². The Labute approximate surface area is 218 Å². The molecule has 37 heavy (non-hydrogen) atoms. The van der Waals surface area contributed by atoms with Gasteiger partial charge in [-0.25, -0.2) is 4.98 Å². The Kier molecular flexibility index (Phi) is 8.70. The summed E-state index contributed by atoms with van der Waals surface area (Å²) in [6, 6.07) is 4.34. The van der Waals surface area contributed by atoms with Gasteiger partial charge in [-0.05, 0) is 62.5 Å². The van der Waals surface area contributed by atoms with E-state index in [9.17, 15) is 27.9 Å². The minimum atomic E-state index is -4.51. The summed E-state index contributed by atoms with van der Waals surface area (Å²) >= 11 is 1.50. The number of methoxy groups -OCH3 is 1. The predicted molar refractivity (Wildman–Crippen MR) is 133 cm³/mol. The van der Waals surface area contributed by atoms with Gasteiger partial charge in [-0.15, -0.1) is 11.3 Å². The van der Waals surface area contributed by atoms with E-state index in [1.54, 1.807) is 18.2 Å². The number of alkyl halides is 3. The van der Waals surface area contributed by atoms with Crippen molar-refractivity contribution in [3.05, 3.63) is 51.5 Å². The lowest BCUT2D eigenvalue weighted by Gasteiger charge is -2.35. The van der Waals surface area contributed by atoms with Crippen molar-refractivity contribution in [2.45, 2.75) is 69.8 Å². The number of aliphatic hydroxyl groups is 1. The molecule has 6 nitrogen and oxygen atoms in total. The number of thiazole rings is 1. The zero-order valence-corrected chi connectivity index (χ0v) is 21.7. The zero-order chi connectivity index (χ0) is 26.6. The average Bonchev–Trinajstić information content (AvgIpc) is 3.54. The molecule has 202 valence electrons. The third-order valence-electron chi connectivity index (χ3n) is 7.55. The smallest absolute Gasteiger partial charge is 0.383 e. The summed E-state index contributed by atoms with van der Waals surface area (Å²) in [5.41, 5.74) is -1.76. The maximum absolute atomic E-state index is 12.9. The van der Waals surface area contributed by atoms with Gasteiger partial charge >= 0.3 is 6.18 Å². The Morgan fingerprint density at radius 1 is 1.19 bits per heavy atom. The number of hydrogen-bond acceptors (Lipinski definition) is 6. The summed E-state index contributed by atoms with van der Waals surface area (Å²) in [5, 5.41) is 11.9. The molecule has 1 aliphatic carbocycles. The van der Waals surface area contributed by atoms with Crippen molar-refractivity contribution in [3.63, 3.8) is 0 Å². The van der Waals surface area contributed by atoms with Crippen LogP contribution in [0.3, 0.4) is 0 Å². The number of Topliss-reactive ketones (excluding diaryl/α,β-unsaturated/α-hetero) is 1. The van der Waals surface area contributed by atoms with Crippen molar-refractivity contribution in [2.24, 2.45) is 11.8 Å². The van der Waals surface area contributed by atoms with Crippen LogP contribution in [0.25, 0.3) is 0 Å². The fourth-order valence-electron chi connectivity index (χ4n) is 5.45. The second-order valence-corrected chi connectivity index (χ2v) is 11.4. The van der Waals surface area contributed by atoms with Crippen LogP contribution in [0.4, 0.5) is 13.2 Å². The average molecular weight is 539 g/mol. The van der Waals surface area contributed by atoms with Crippen LogP contribution >= 0.6 is 11.3 Å². The maximum atomic E-state index is 12.9. The minimum absolute atomic E-state index is 0.00284. The van der Waals surface area contributed by atoms with Crippen LogP contribution in [-0.2, 0) is 27.9 Å². The molecule has 1 aromatic heterocycles. The summed E-state index contributed by atoms with van der Waals surface area (Å²) in [6.45, 7) is 1.77. The van der Waals surface area contributed by atoms with E-state index >= 15 is 0 Å². The van der Waals surface area contributed by atoms with Crippen molar-refractivity contribution < 1.29 is 32.6 Å². The highest BCUT2D eigenvalue weighted by Gasteiger charge is 2.38. The number of halogens is 3. The molecule has 2 fully saturated rings. The number of hydrogen-bond donors (Lipinski definition) is 1. The summed E-state index contributed by atoms with van der Waals surface area (Å²) < 4.78 is 43.9. The van der Waals surface area contributed by atoms with E-state index in [0.717, 1.165) is 47.7 Å². The topological polar surface area (TPSA) is 79.7 Å². The lowest BCUT2D eigenvalue weighted by molar-refractivity contribution is -0.137. The summed E-state index contributed by atoms with van der Waals surface area (Å²) in [5.74, 6) is 0.282. The molecule has 1 atom stereocenters. The second kappa shape index (κ2) is 11.6. The minimum Gasteiger partial charge on any atom is -0.383 e. The number of rotatable bonds is 9. The Balaban J connectivity index is 1.21. The molecule has 4 rings (SSSR count). The maximum Gasteiger partial charge on any atom is 0.416 e. The molecular weight excluding hydrogens is 505 g/mol. The van der Waals surface area contributed by atoms with Crippen LogP contribution < -0.4 is 0 Å². The van der Waals surface area contributed by atoms with Gasteiger partial charge in [-0.1, -0.05) is 12.1 Å². The fraction of sp³-hybridized carbons (Fsp3) is 0.593. The second-order valence-electron chi connectivity index (χ2n) is 10.3. The van der Waals surface area contributed by atoms with Gasteiger partial charge in [-0.3, -0.25) is 9.59 Å². The molecule has 1 aromatic carbocycles. The van der Waals surface area contributed by atoms with Crippen molar-refractivity contribution in [1.82, 2.24) is 9.88 Å². The number of carbonyl (C=O) groups excluding carboxylic acids is 2. The quantitative estimate of drug-likeness (QED) is 0.421. The van der Waals surface area contributed by atoms with E-state index in [0.29, 0.717) is 44.4 Å². The first-order valence-electron chi connectivity index (χ1n) is 12.7. The van der Waals surface area contributed by atoms with Gasteiger partial charge in [0.05, 0.1) is 17.0 Å².